The summed E-state index contributed by atoms with van der Waals surface area (Å²) < 4.78 is 17.7. The number of phenolic OH excluding ortho intramolecular Hbond substituents is 1. The fraction of sp³-hybridized carbons (Fsp3) is 0.353. The van der Waals surface area contributed by atoms with E-state index in [1.807, 2.05) is 0 Å². The zero-order chi connectivity index (χ0) is 23.8. The Kier molecular flexibility index (Phi) is 6.16. The number of hydroxylamine groups is 2. The van der Waals surface area contributed by atoms with E-state index in [2.05, 4.69) is 4.98 Å². The maximum Gasteiger partial charge on any atom is 0.353 e. The van der Waals surface area contributed by atoms with Crippen molar-refractivity contribution in [1.29, 1.82) is 0 Å². The highest BCUT2D eigenvalue weighted by atomic mass is 19.2. The number of aromatic hydroxyl groups is 1. The van der Waals surface area contributed by atoms with Crippen LogP contribution in [0.15, 0.2) is 35.3 Å². The number of rotatable bonds is 6. The lowest BCUT2D eigenvalue weighted by Crippen LogP contribution is -2.68. The van der Waals surface area contributed by atoms with Gasteiger partial charge in [0.2, 0.25) is 5.72 Å². The second-order valence-corrected chi connectivity index (χ2v) is 6.90. The molecule has 1 saturated heterocycles. The number of carbonyl (C=O) groups excluding carboxylic acids is 1. The Morgan fingerprint density at radius 1 is 1.38 bits per heavy atom. The Balaban J connectivity index is 2.20. The number of phenols is 1. The number of para-hydroxylation sites is 1. The molecule has 3 rings (SSSR count). The van der Waals surface area contributed by atoms with Gasteiger partial charge >= 0.3 is 11.6 Å². The van der Waals surface area contributed by atoms with Crippen LogP contribution in [0.4, 0.5) is 10.3 Å². The topological polar surface area (TPSA) is 224 Å². The molecule has 1 amide bonds. The molecule has 32 heavy (non-hydrogen) atoms. The standard InChI is InChI=1S/C17H20FN5O9/c18-21-14(27)9-5-20-15(28)23(13(9)19)17(30)16(29,12(26)11(7-24)32-17)22(31)6-8-3-1-2-4-10(8)25/h1-5,11-12,24-26,29-31H,6-7,19H2,(H,21,27)/t11-,12-,16-,17-/m1/s1. The highest BCUT2D eigenvalue weighted by molar-refractivity contribution is 5.97. The molecular weight excluding hydrogens is 437 g/mol. The molecule has 9 N–H and O–H groups in total. The number of halogens is 1. The van der Waals surface area contributed by atoms with E-state index in [1.165, 1.54) is 24.3 Å². The molecular formula is C17H20FN5O9. The maximum absolute atomic E-state index is 12.6. The van der Waals surface area contributed by atoms with E-state index in [4.69, 9.17) is 10.5 Å². The van der Waals surface area contributed by atoms with Gasteiger partial charge in [0, 0.05) is 11.8 Å². The first-order valence-electron chi connectivity index (χ1n) is 8.96. The van der Waals surface area contributed by atoms with Gasteiger partial charge in [-0.15, -0.1) is 5.06 Å². The Morgan fingerprint density at radius 2 is 2.03 bits per heavy atom. The van der Waals surface area contributed by atoms with Gasteiger partial charge in [-0.05, 0) is 6.07 Å². The first-order chi connectivity index (χ1) is 15.0. The normalized spacial score (nSPS) is 27.6. The first kappa shape index (κ1) is 23.5. The van der Waals surface area contributed by atoms with Crippen LogP contribution in [-0.2, 0) is 17.2 Å². The van der Waals surface area contributed by atoms with Crippen molar-refractivity contribution < 1.29 is 44.8 Å². The molecule has 4 atom stereocenters. The van der Waals surface area contributed by atoms with Gasteiger partial charge in [0.25, 0.3) is 5.91 Å². The second kappa shape index (κ2) is 8.40. The number of benzene rings is 1. The minimum absolute atomic E-state index is 0.00449. The first-order valence-corrected chi connectivity index (χ1v) is 8.96. The Hall–Kier alpha value is -3.18. The summed E-state index contributed by atoms with van der Waals surface area (Å²) in [6.07, 6.45) is -3.48. The van der Waals surface area contributed by atoms with Crippen LogP contribution in [0.1, 0.15) is 15.9 Å². The molecule has 0 spiro atoms. The minimum atomic E-state index is -3.46. The van der Waals surface area contributed by atoms with E-state index in [0.717, 1.165) is 5.54 Å². The summed E-state index contributed by atoms with van der Waals surface area (Å²) in [4.78, 5) is 27.4. The number of amides is 1. The molecule has 1 fully saturated rings. The van der Waals surface area contributed by atoms with Gasteiger partial charge in [0.05, 0.1) is 13.2 Å². The zero-order valence-corrected chi connectivity index (χ0v) is 16.2. The fourth-order valence-electron chi connectivity index (χ4n) is 3.40. The van der Waals surface area contributed by atoms with Crippen molar-refractivity contribution in [3.63, 3.8) is 0 Å². The smallest absolute Gasteiger partial charge is 0.353 e. The second-order valence-electron chi connectivity index (χ2n) is 6.90. The Labute approximate surface area is 178 Å². The number of nitrogen functional groups attached to an aromatic ring is 1. The molecule has 1 aromatic heterocycles. The minimum Gasteiger partial charge on any atom is -0.508 e. The van der Waals surface area contributed by atoms with Crippen LogP contribution in [-0.4, -0.2) is 75.8 Å². The van der Waals surface area contributed by atoms with E-state index >= 15 is 0 Å². The molecule has 0 radical (unpaired) electrons. The molecule has 14 nitrogen and oxygen atoms in total. The number of aromatic nitrogens is 2. The van der Waals surface area contributed by atoms with E-state index in [-0.39, 0.29) is 20.9 Å². The van der Waals surface area contributed by atoms with Gasteiger partial charge in [0.15, 0.2) is 0 Å². The number of aliphatic hydroxyl groups excluding tert-OH is 2. The van der Waals surface area contributed by atoms with Gasteiger partial charge in [-0.25, -0.2) is 14.3 Å². The summed E-state index contributed by atoms with van der Waals surface area (Å²) in [5.41, 5.74) is 0.950. The predicted octanol–water partition coefficient (Wildman–Crippen LogP) is -2.92. The SMILES string of the molecule is Nc1c(C(=O)NF)cnc(=O)n1[C@]1(O)O[C@H](CO)[C@@H](O)[C@]1(O)N(O)Cc1ccccc1O. The highest BCUT2D eigenvalue weighted by Crippen LogP contribution is 2.44. The molecule has 1 aromatic carbocycles. The molecule has 1 aliphatic rings. The van der Waals surface area contributed by atoms with Crippen molar-refractivity contribution in [2.75, 3.05) is 12.3 Å². The molecule has 15 heteroatoms. The van der Waals surface area contributed by atoms with E-state index in [9.17, 15) is 44.8 Å². The zero-order valence-electron chi connectivity index (χ0n) is 16.2. The summed E-state index contributed by atoms with van der Waals surface area (Å²) in [7, 11) is 0. The number of anilines is 1. The van der Waals surface area contributed by atoms with Crippen LogP contribution < -0.4 is 17.0 Å². The lowest BCUT2D eigenvalue weighted by Gasteiger charge is -2.42. The lowest BCUT2D eigenvalue weighted by molar-refractivity contribution is -0.413. The van der Waals surface area contributed by atoms with Crippen molar-refractivity contribution in [2.24, 2.45) is 0 Å². The largest absolute Gasteiger partial charge is 0.508 e. The van der Waals surface area contributed by atoms with Crippen LogP contribution in [0, 0.1) is 0 Å². The number of carbonyl (C=O) groups is 1. The number of ether oxygens (including phenoxy) is 1. The average Bonchev–Trinajstić information content (AvgIpc) is 2.96. The maximum atomic E-state index is 12.6. The lowest BCUT2D eigenvalue weighted by atomic mass is 9.99. The van der Waals surface area contributed by atoms with Crippen LogP contribution in [0.3, 0.4) is 0 Å². The molecule has 2 heterocycles. The summed E-state index contributed by atoms with van der Waals surface area (Å²) in [6.45, 7) is -1.75. The predicted molar refractivity (Wildman–Crippen MR) is 100 cm³/mol. The van der Waals surface area contributed by atoms with Crippen LogP contribution in [0.25, 0.3) is 0 Å². The molecule has 1 aliphatic heterocycles. The van der Waals surface area contributed by atoms with Crippen LogP contribution >= 0.6 is 0 Å². The molecule has 174 valence electrons. The Bertz CT molecular complexity index is 1080. The van der Waals surface area contributed by atoms with Crippen molar-refractivity contribution in [1.82, 2.24) is 20.2 Å². The van der Waals surface area contributed by atoms with Crippen molar-refractivity contribution in [3.05, 3.63) is 52.1 Å². The van der Waals surface area contributed by atoms with E-state index in [0.29, 0.717) is 6.20 Å². The van der Waals surface area contributed by atoms with E-state index < -0.39 is 60.0 Å². The third-order valence-electron chi connectivity index (χ3n) is 5.09. The summed E-state index contributed by atoms with van der Waals surface area (Å²) in [5.74, 6) is -6.21. The van der Waals surface area contributed by atoms with Gasteiger partial charge in [0.1, 0.15) is 29.3 Å². The van der Waals surface area contributed by atoms with Gasteiger partial charge < -0.3 is 41.2 Å². The summed E-state index contributed by atoms with van der Waals surface area (Å²) in [6, 6.07) is 5.53. The summed E-state index contributed by atoms with van der Waals surface area (Å²) in [5, 5.41) is 63.0. The molecule has 0 unspecified atom stereocenters. The van der Waals surface area contributed by atoms with E-state index in [1.54, 1.807) is 0 Å². The number of hydrogen-bond donors (Lipinski definition) is 8. The van der Waals surface area contributed by atoms with Crippen molar-refractivity contribution in [3.8, 4) is 5.75 Å². The fourth-order valence-corrected chi connectivity index (χ4v) is 3.40. The average molecular weight is 457 g/mol. The third-order valence-corrected chi connectivity index (χ3v) is 5.09. The van der Waals surface area contributed by atoms with Gasteiger partial charge in [-0.3, -0.25) is 4.79 Å². The highest BCUT2D eigenvalue weighted by Gasteiger charge is 2.70. The van der Waals surface area contributed by atoms with Crippen LogP contribution in [0.5, 0.6) is 5.75 Å². The number of nitrogens with zero attached hydrogens (tertiary/aromatic N) is 3. The molecule has 0 bridgehead atoms. The van der Waals surface area contributed by atoms with Crippen molar-refractivity contribution in [2.45, 2.75) is 30.4 Å². The van der Waals surface area contributed by atoms with Crippen molar-refractivity contribution >= 4 is 11.7 Å². The van der Waals surface area contributed by atoms with Crippen LogP contribution in [0.2, 0.25) is 0 Å². The molecule has 2 aromatic rings. The number of nitrogens with two attached hydrogens (primary N) is 1. The molecule has 0 aliphatic carbocycles. The van der Waals surface area contributed by atoms with Gasteiger partial charge in [-0.2, -0.15) is 5.54 Å². The van der Waals surface area contributed by atoms with Gasteiger partial charge in [-0.1, -0.05) is 22.7 Å². The monoisotopic (exact) mass is 457 g/mol. The number of aliphatic hydroxyl groups is 4. The number of nitrogens with one attached hydrogen (secondary N) is 1. The number of hydrogen-bond acceptors (Lipinski definition) is 12. The quantitative estimate of drug-likeness (QED) is 0.124. The Morgan fingerprint density at radius 3 is 2.62 bits per heavy atom. The molecule has 0 saturated carbocycles. The summed E-state index contributed by atoms with van der Waals surface area (Å²) >= 11 is 0. The third kappa shape index (κ3) is 3.37.